The number of fused-ring (bicyclic) bond motifs is 1. The zero-order valence-electron chi connectivity index (χ0n) is 11.8. The van der Waals surface area contributed by atoms with Crippen molar-refractivity contribution < 1.29 is 25.2 Å². The topological polar surface area (TPSA) is 102 Å². The van der Waals surface area contributed by atoms with Crippen LogP contribution in [0.2, 0.25) is 0 Å². The summed E-state index contributed by atoms with van der Waals surface area (Å²) in [6, 6.07) is 13.4. The van der Waals surface area contributed by atoms with Crippen molar-refractivity contribution in [1.82, 2.24) is 0 Å². The van der Waals surface area contributed by atoms with E-state index >= 15 is 0 Å². The lowest BCUT2D eigenvalue weighted by Crippen LogP contribution is -2.60. The molecule has 0 saturated carbocycles. The maximum atomic E-state index is 10.1. The average Bonchev–Trinajstić information content (AvgIpc) is 2.55. The Morgan fingerprint density at radius 3 is 2.41 bits per heavy atom. The molecule has 1 aliphatic heterocycles. The fourth-order valence-electron chi connectivity index (χ4n) is 2.73. The van der Waals surface area contributed by atoms with E-state index in [0.717, 1.165) is 16.5 Å². The highest BCUT2D eigenvalue weighted by Gasteiger charge is 2.43. The lowest BCUT2D eigenvalue weighted by molar-refractivity contribution is -0.221. The minimum absolute atomic E-state index is 0.446. The molecule has 5 N–H and O–H groups in total. The van der Waals surface area contributed by atoms with E-state index in [9.17, 15) is 20.4 Å². The molecule has 0 bridgehead atoms. The third kappa shape index (κ3) is 2.67. The minimum atomic E-state index is -1.39. The predicted octanol–water partition coefficient (Wildman–Crippen LogP) is 0.0516. The van der Waals surface area contributed by atoms with Crippen LogP contribution in [0.3, 0.4) is 0 Å². The summed E-state index contributed by atoms with van der Waals surface area (Å²) in [6.45, 7) is -0.446. The van der Waals surface area contributed by atoms with Gasteiger partial charge >= 0.3 is 0 Å². The van der Waals surface area contributed by atoms with Crippen LogP contribution in [0.4, 0.5) is 5.69 Å². The molecular formula is C16H19NO5. The van der Waals surface area contributed by atoms with E-state index in [4.69, 9.17) is 4.74 Å². The molecule has 1 heterocycles. The van der Waals surface area contributed by atoms with Gasteiger partial charge in [0.25, 0.3) is 0 Å². The molecule has 5 atom stereocenters. The molecule has 1 fully saturated rings. The summed E-state index contributed by atoms with van der Waals surface area (Å²) in [5.74, 6) is 0. The average molecular weight is 305 g/mol. The Kier molecular flexibility index (Phi) is 4.28. The number of aliphatic hydroxyl groups is 4. The Labute approximate surface area is 127 Å². The molecule has 118 valence electrons. The number of aliphatic hydroxyl groups excluding tert-OH is 4. The highest BCUT2D eigenvalue weighted by molar-refractivity contribution is 5.93. The molecule has 0 aromatic heterocycles. The van der Waals surface area contributed by atoms with E-state index in [1.807, 2.05) is 42.5 Å². The van der Waals surface area contributed by atoms with Crippen LogP contribution in [-0.2, 0) is 4.74 Å². The van der Waals surface area contributed by atoms with Gasteiger partial charge in [0.15, 0.2) is 6.23 Å². The van der Waals surface area contributed by atoms with E-state index in [2.05, 4.69) is 5.32 Å². The first-order valence-electron chi connectivity index (χ1n) is 7.16. The summed E-state index contributed by atoms with van der Waals surface area (Å²) in [5, 5.41) is 43.9. The predicted molar refractivity (Wildman–Crippen MR) is 81.3 cm³/mol. The number of hydrogen-bond acceptors (Lipinski definition) is 6. The third-order valence-corrected chi connectivity index (χ3v) is 3.98. The highest BCUT2D eigenvalue weighted by atomic mass is 16.6. The molecule has 2 aromatic carbocycles. The fourth-order valence-corrected chi connectivity index (χ4v) is 2.73. The lowest BCUT2D eigenvalue weighted by Gasteiger charge is -2.40. The Hall–Kier alpha value is -1.70. The lowest BCUT2D eigenvalue weighted by atomic mass is 9.98. The fraction of sp³-hybridized carbons (Fsp3) is 0.375. The van der Waals surface area contributed by atoms with Crippen LogP contribution < -0.4 is 5.32 Å². The van der Waals surface area contributed by atoms with Crippen molar-refractivity contribution in [2.24, 2.45) is 0 Å². The van der Waals surface area contributed by atoms with Crippen molar-refractivity contribution in [3.05, 3.63) is 42.5 Å². The third-order valence-electron chi connectivity index (χ3n) is 3.98. The molecule has 22 heavy (non-hydrogen) atoms. The first-order valence-corrected chi connectivity index (χ1v) is 7.16. The van der Waals surface area contributed by atoms with Gasteiger partial charge < -0.3 is 30.5 Å². The molecular weight excluding hydrogens is 286 g/mol. The Morgan fingerprint density at radius 1 is 0.909 bits per heavy atom. The van der Waals surface area contributed by atoms with Crippen molar-refractivity contribution in [2.45, 2.75) is 30.6 Å². The Bertz CT molecular complexity index is 642. The number of ether oxygens (including phenoxy) is 1. The largest absolute Gasteiger partial charge is 0.394 e. The summed E-state index contributed by atoms with van der Waals surface area (Å²) in [4.78, 5) is 0. The second kappa shape index (κ2) is 6.20. The van der Waals surface area contributed by atoms with Gasteiger partial charge in [-0.2, -0.15) is 0 Å². The van der Waals surface area contributed by atoms with Crippen LogP contribution in [0, 0.1) is 0 Å². The van der Waals surface area contributed by atoms with Crippen LogP contribution in [0.1, 0.15) is 0 Å². The number of hydrogen-bond donors (Lipinski definition) is 5. The van der Waals surface area contributed by atoms with Gasteiger partial charge in [0.2, 0.25) is 0 Å². The van der Waals surface area contributed by atoms with Crippen LogP contribution in [0.25, 0.3) is 10.8 Å². The number of rotatable bonds is 3. The smallest absolute Gasteiger partial charge is 0.157 e. The highest BCUT2D eigenvalue weighted by Crippen LogP contribution is 2.27. The van der Waals surface area contributed by atoms with E-state index in [0.29, 0.717) is 0 Å². The van der Waals surface area contributed by atoms with E-state index in [1.165, 1.54) is 0 Å². The van der Waals surface area contributed by atoms with E-state index in [-0.39, 0.29) is 0 Å². The zero-order valence-corrected chi connectivity index (χ0v) is 11.8. The zero-order chi connectivity index (χ0) is 15.7. The van der Waals surface area contributed by atoms with Crippen LogP contribution in [0.15, 0.2) is 42.5 Å². The van der Waals surface area contributed by atoms with Crippen molar-refractivity contribution in [3.8, 4) is 0 Å². The normalized spacial score (nSPS) is 32.1. The number of nitrogens with one attached hydrogen (secondary N) is 1. The number of anilines is 1. The van der Waals surface area contributed by atoms with Crippen molar-refractivity contribution in [2.75, 3.05) is 11.9 Å². The standard InChI is InChI=1S/C16H19NO5/c18-8-12-13(19)14(20)15(21)16(22-12)17-11-7-3-5-9-4-1-2-6-10(9)11/h1-7,12-21H,8H2/t12-,13-,14-,15-,16+/m1/s1. The molecule has 1 saturated heterocycles. The van der Waals surface area contributed by atoms with Gasteiger partial charge in [-0.25, -0.2) is 0 Å². The van der Waals surface area contributed by atoms with Crippen molar-refractivity contribution in [1.29, 1.82) is 0 Å². The molecule has 0 radical (unpaired) electrons. The molecule has 0 aliphatic carbocycles. The molecule has 6 nitrogen and oxygen atoms in total. The monoisotopic (exact) mass is 305 g/mol. The van der Waals surface area contributed by atoms with Gasteiger partial charge in [-0.3, -0.25) is 0 Å². The molecule has 3 rings (SSSR count). The number of benzene rings is 2. The van der Waals surface area contributed by atoms with Crippen LogP contribution in [-0.4, -0.2) is 57.7 Å². The maximum Gasteiger partial charge on any atom is 0.157 e. The first kappa shape index (κ1) is 15.2. The minimum Gasteiger partial charge on any atom is -0.394 e. The molecule has 0 amide bonds. The summed E-state index contributed by atoms with van der Waals surface area (Å²) in [5.41, 5.74) is 0.738. The summed E-state index contributed by atoms with van der Waals surface area (Å²) < 4.78 is 5.46. The Morgan fingerprint density at radius 2 is 1.64 bits per heavy atom. The summed E-state index contributed by atoms with van der Waals surface area (Å²) in [7, 11) is 0. The quantitative estimate of drug-likeness (QED) is 0.549. The second-order valence-corrected chi connectivity index (χ2v) is 5.42. The SMILES string of the molecule is OC[C@H]1O[C@H](Nc2cccc3ccccc23)[C@H](O)[C@H](O)[C@@H]1O. The van der Waals surface area contributed by atoms with E-state index in [1.54, 1.807) is 0 Å². The molecule has 0 spiro atoms. The summed E-state index contributed by atoms with van der Waals surface area (Å²) in [6.07, 6.45) is -5.91. The second-order valence-electron chi connectivity index (χ2n) is 5.42. The molecule has 6 heteroatoms. The van der Waals surface area contributed by atoms with Crippen molar-refractivity contribution in [3.63, 3.8) is 0 Å². The van der Waals surface area contributed by atoms with Crippen LogP contribution in [0.5, 0.6) is 0 Å². The van der Waals surface area contributed by atoms with Gasteiger partial charge in [-0.05, 0) is 11.5 Å². The Balaban J connectivity index is 1.87. The van der Waals surface area contributed by atoms with Crippen molar-refractivity contribution >= 4 is 16.5 Å². The van der Waals surface area contributed by atoms with Gasteiger partial charge in [0, 0.05) is 11.1 Å². The van der Waals surface area contributed by atoms with Gasteiger partial charge in [0.1, 0.15) is 24.4 Å². The van der Waals surface area contributed by atoms with Crippen LogP contribution >= 0.6 is 0 Å². The van der Waals surface area contributed by atoms with Gasteiger partial charge in [0.05, 0.1) is 6.61 Å². The van der Waals surface area contributed by atoms with Gasteiger partial charge in [-0.1, -0.05) is 36.4 Å². The first-order chi connectivity index (χ1) is 10.6. The maximum absolute atomic E-state index is 10.1. The van der Waals surface area contributed by atoms with Gasteiger partial charge in [-0.15, -0.1) is 0 Å². The van der Waals surface area contributed by atoms with E-state index < -0.39 is 37.3 Å². The molecule has 2 aromatic rings. The summed E-state index contributed by atoms with van der Waals surface area (Å²) >= 11 is 0. The molecule has 1 aliphatic rings. The molecule has 0 unspecified atom stereocenters.